The molecule has 1 N–H and O–H groups in total. The number of hydrogen-bond donors (Lipinski definition) is 1. The van der Waals surface area contributed by atoms with Crippen LogP contribution < -0.4 is 10.1 Å². The van der Waals surface area contributed by atoms with E-state index in [1.165, 1.54) is 6.07 Å². The van der Waals surface area contributed by atoms with Crippen LogP contribution in [0.15, 0.2) is 18.2 Å². The average molecular weight is 256 g/mol. The summed E-state index contributed by atoms with van der Waals surface area (Å²) in [6.07, 6.45) is 0.0672. The zero-order valence-corrected chi connectivity index (χ0v) is 10.5. The summed E-state index contributed by atoms with van der Waals surface area (Å²) in [5, 5.41) is 2.96. The fourth-order valence-electron chi connectivity index (χ4n) is 1.25. The minimum Gasteiger partial charge on any atom is -0.479 e. The molecular weight excluding hydrogens is 242 g/mol. The number of hydrogen-bond acceptors (Lipinski definition) is 3. The van der Waals surface area contributed by atoms with E-state index in [1.54, 1.807) is 19.1 Å². The Balaban J connectivity index is 2.74. The van der Waals surface area contributed by atoms with Gasteiger partial charge in [-0.3, -0.25) is 9.59 Å². The molecule has 1 unspecified atom stereocenters. The largest absolute Gasteiger partial charge is 0.479 e. The summed E-state index contributed by atoms with van der Waals surface area (Å²) in [5.74, 6) is 0.180. The molecule has 0 fully saturated rings. The smallest absolute Gasteiger partial charge is 0.260 e. The Hall–Kier alpha value is -1.55. The van der Waals surface area contributed by atoms with Gasteiger partial charge in [0.1, 0.15) is 12.0 Å². The van der Waals surface area contributed by atoms with E-state index in [0.29, 0.717) is 29.2 Å². The van der Waals surface area contributed by atoms with Gasteiger partial charge in [-0.2, -0.15) is 0 Å². The van der Waals surface area contributed by atoms with Crippen LogP contribution in [0.3, 0.4) is 0 Å². The monoisotopic (exact) mass is 255 g/mol. The Morgan fingerprint density at radius 1 is 1.59 bits per heavy atom. The lowest BCUT2D eigenvalue weighted by molar-refractivity contribution is -0.127. The van der Waals surface area contributed by atoms with Crippen LogP contribution in [0.4, 0.5) is 0 Å². The summed E-state index contributed by atoms with van der Waals surface area (Å²) in [6.45, 7) is 4.01. The van der Waals surface area contributed by atoms with Crippen molar-refractivity contribution in [1.29, 1.82) is 0 Å². The lowest BCUT2D eigenvalue weighted by Crippen LogP contribution is -2.36. The predicted octanol–water partition coefficient (Wildman–Crippen LogP) is 2.06. The maximum Gasteiger partial charge on any atom is 0.260 e. The van der Waals surface area contributed by atoms with Gasteiger partial charge < -0.3 is 10.1 Å². The molecule has 0 saturated heterocycles. The summed E-state index contributed by atoms with van der Waals surface area (Å²) >= 11 is 5.92. The van der Waals surface area contributed by atoms with Crippen LogP contribution in [-0.2, 0) is 4.79 Å². The van der Waals surface area contributed by atoms with Gasteiger partial charge in [-0.25, -0.2) is 0 Å². The van der Waals surface area contributed by atoms with Gasteiger partial charge in [0, 0.05) is 12.1 Å². The van der Waals surface area contributed by atoms with E-state index in [-0.39, 0.29) is 5.91 Å². The van der Waals surface area contributed by atoms with Crippen molar-refractivity contribution in [3.8, 4) is 5.75 Å². The lowest BCUT2D eigenvalue weighted by atomic mass is 10.2. The van der Waals surface area contributed by atoms with Crippen LogP contribution in [0.1, 0.15) is 24.2 Å². The molecule has 1 amide bonds. The number of carbonyl (C=O) groups is 2. The van der Waals surface area contributed by atoms with E-state index in [2.05, 4.69) is 5.32 Å². The third kappa shape index (κ3) is 3.75. The zero-order chi connectivity index (χ0) is 12.8. The summed E-state index contributed by atoms with van der Waals surface area (Å²) in [5.41, 5.74) is 0.466. The molecule has 0 radical (unpaired) electrons. The van der Waals surface area contributed by atoms with Crippen LogP contribution >= 0.6 is 11.6 Å². The minimum absolute atomic E-state index is 0.206. The van der Waals surface area contributed by atoms with E-state index in [4.69, 9.17) is 16.3 Å². The molecule has 1 aromatic carbocycles. The molecule has 92 valence electrons. The number of halogens is 1. The van der Waals surface area contributed by atoms with Crippen molar-refractivity contribution in [2.75, 3.05) is 6.54 Å². The highest BCUT2D eigenvalue weighted by molar-refractivity contribution is 6.32. The Bertz CT molecular complexity index is 420. The molecule has 0 bridgehead atoms. The van der Waals surface area contributed by atoms with Gasteiger partial charge in [0.05, 0.1) is 5.02 Å². The average Bonchev–Trinajstić information content (AvgIpc) is 2.31. The lowest BCUT2D eigenvalue weighted by Gasteiger charge is -2.15. The van der Waals surface area contributed by atoms with E-state index < -0.39 is 6.10 Å². The molecule has 17 heavy (non-hydrogen) atoms. The predicted molar refractivity (Wildman–Crippen MR) is 65.6 cm³/mol. The maximum atomic E-state index is 11.4. The molecule has 0 saturated carbocycles. The first-order valence-electron chi connectivity index (χ1n) is 5.27. The Labute approximate surface area is 105 Å². The summed E-state index contributed by atoms with van der Waals surface area (Å²) in [7, 11) is 0. The molecule has 0 aromatic heterocycles. The van der Waals surface area contributed by atoms with Crippen molar-refractivity contribution < 1.29 is 14.3 Å². The van der Waals surface area contributed by atoms with Gasteiger partial charge in [-0.15, -0.1) is 0 Å². The van der Waals surface area contributed by atoms with Crippen molar-refractivity contribution in [1.82, 2.24) is 5.32 Å². The second-order valence-electron chi connectivity index (χ2n) is 3.46. The Morgan fingerprint density at radius 3 is 2.82 bits per heavy atom. The third-order valence-corrected chi connectivity index (χ3v) is 2.41. The number of amides is 1. The van der Waals surface area contributed by atoms with Gasteiger partial charge in [0.2, 0.25) is 0 Å². The van der Waals surface area contributed by atoms with Gasteiger partial charge in [0.25, 0.3) is 5.91 Å². The number of likely N-dealkylation sites (N-methyl/N-ethyl adjacent to an activating group) is 1. The molecule has 0 aliphatic carbocycles. The van der Waals surface area contributed by atoms with Crippen molar-refractivity contribution in [2.45, 2.75) is 20.0 Å². The summed E-state index contributed by atoms with van der Waals surface area (Å²) < 4.78 is 5.40. The SMILES string of the molecule is CCNC(=O)C(C)Oc1ccc(C=O)cc1Cl. The van der Waals surface area contributed by atoms with Gasteiger partial charge >= 0.3 is 0 Å². The number of benzene rings is 1. The first kappa shape index (κ1) is 13.5. The topological polar surface area (TPSA) is 55.4 Å². The molecule has 1 aromatic rings. The van der Waals surface area contributed by atoms with Crippen molar-refractivity contribution >= 4 is 23.8 Å². The fourth-order valence-corrected chi connectivity index (χ4v) is 1.48. The third-order valence-electron chi connectivity index (χ3n) is 2.12. The fraction of sp³-hybridized carbons (Fsp3) is 0.333. The number of ether oxygens (including phenoxy) is 1. The zero-order valence-electron chi connectivity index (χ0n) is 9.70. The summed E-state index contributed by atoms with van der Waals surface area (Å²) in [4.78, 5) is 22.0. The van der Waals surface area contributed by atoms with Crippen LogP contribution in [0.2, 0.25) is 5.02 Å². The Kier molecular flexibility index (Phi) is 4.97. The molecule has 0 aliphatic rings. The van der Waals surface area contributed by atoms with Crippen LogP contribution in [0.5, 0.6) is 5.75 Å². The number of aldehydes is 1. The van der Waals surface area contributed by atoms with Crippen LogP contribution in [-0.4, -0.2) is 24.8 Å². The van der Waals surface area contributed by atoms with E-state index in [0.717, 1.165) is 0 Å². The van der Waals surface area contributed by atoms with E-state index in [9.17, 15) is 9.59 Å². The van der Waals surface area contributed by atoms with Crippen molar-refractivity contribution in [3.63, 3.8) is 0 Å². The minimum atomic E-state index is -0.630. The van der Waals surface area contributed by atoms with E-state index in [1.807, 2.05) is 6.92 Å². The van der Waals surface area contributed by atoms with E-state index >= 15 is 0 Å². The highest BCUT2D eigenvalue weighted by Crippen LogP contribution is 2.25. The molecule has 0 heterocycles. The maximum absolute atomic E-state index is 11.4. The molecule has 5 heteroatoms. The van der Waals surface area contributed by atoms with Gasteiger partial charge in [0.15, 0.2) is 6.10 Å². The number of rotatable bonds is 5. The second-order valence-corrected chi connectivity index (χ2v) is 3.87. The number of nitrogens with one attached hydrogen (secondary N) is 1. The van der Waals surface area contributed by atoms with Gasteiger partial charge in [-0.1, -0.05) is 11.6 Å². The van der Waals surface area contributed by atoms with Crippen LogP contribution in [0, 0.1) is 0 Å². The van der Waals surface area contributed by atoms with Crippen molar-refractivity contribution in [2.24, 2.45) is 0 Å². The molecule has 0 aliphatic heterocycles. The molecule has 0 spiro atoms. The van der Waals surface area contributed by atoms with Crippen molar-refractivity contribution in [3.05, 3.63) is 28.8 Å². The molecule has 1 rings (SSSR count). The summed E-state index contributed by atoms with van der Waals surface area (Å²) in [6, 6.07) is 4.65. The quantitative estimate of drug-likeness (QED) is 0.820. The van der Waals surface area contributed by atoms with Gasteiger partial charge in [-0.05, 0) is 32.0 Å². The first-order valence-corrected chi connectivity index (χ1v) is 5.65. The second kappa shape index (κ2) is 6.25. The highest BCUT2D eigenvalue weighted by atomic mass is 35.5. The first-order chi connectivity index (χ1) is 8.08. The molecule has 1 atom stereocenters. The standard InChI is InChI=1S/C12H14ClNO3/c1-3-14-12(16)8(2)17-11-5-4-9(7-15)6-10(11)13/h4-8H,3H2,1-2H3,(H,14,16). The number of carbonyl (C=O) groups excluding carboxylic acids is 2. The normalized spacial score (nSPS) is 11.7. The molecule has 4 nitrogen and oxygen atoms in total. The van der Waals surface area contributed by atoms with Crippen LogP contribution in [0.25, 0.3) is 0 Å². The highest BCUT2D eigenvalue weighted by Gasteiger charge is 2.15. The molecular formula is C12H14ClNO3. The Morgan fingerprint density at radius 2 is 2.29 bits per heavy atom.